The van der Waals surface area contributed by atoms with Gasteiger partial charge in [0.2, 0.25) is 5.91 Å². The van der Waals surface area contributed by atoms with Crippen molar-refractivity contribution in [3.8, 4) is 0 Å². The van der Waals surface area contributed by atoms with Crippen LogP contribution in [0.15, 0.2) is 24.3 Å². The highest BCUT2D eigenvalue weighted by atomic mass is 16.2. The maximum Gasteiger partial charge on any atom is 0.240 e. The van der Waals surface area contributed by atoms with E-state index >= 15 is 0 Å². The number of carbonyl (C=O) groups is 1. The quantitative estimate of drug-likeness (QED) is 0.917. The monoisotopic (exact) mass is 274 g/mol. The highest BCUT2D eigenvalue weighted by molar-refractivity contribution is 5.82. The number of amides is 1. The second kappa shape index (κ2) is 6.40. The second-order valence-electron chi connectivity index (χ2n) is 5.96. The molecule has 3 unspecified atom stereocenters. The van der Waals surface area contributed by atoms with Gasteiger partial charge >= 0.3 is 0 Å². The maximum atomic E-state index is 12.6. The summed E-state index contributed by atoms with van der Waals surface area (Å²) in [7, 11) is 0. The van der Waals surface area contributed by atoms with Crippen LogP contribution < -0.4 is 5.73 Å². The van der Waals surface area contributed by atoms with Gasteiger partial charge in [0.05, 0.1) is 12.1 Å². The lowest BCUT2D eigenvalue weighted by atomic mass is 9.96. The van der Waals surface area contributed by atoms with Crippen LogP contribution in [0.2, 0.25) is 0 Å². The first-order valence-corrected chi connectivity index (χ1v) is 7.67. The van der Waals surface area contributed by atoms with Crippen molar-refractivity contribution in [3.63, 3.8) is 0 Å². The van der Waals surface area contributed by atoms with E-state index in [1.54, 1.807) is 0 Å². The molecule has 1 amide bonds. The van der Waals surface area contributed by atoms with Crippen molar-refractivity contribution in [1.29, 1.82) is 0 Å². The molecule has 1 aromatic rings. The molecule has 3 atom stereocenters. The largest absolute Gasteiger partial charge is 0.334 e. The normalized spacial score (nSPS) is 21.8. The molecule has 0 aliphatic carbocycles. The van der Waals surface area contributed by atoms with Gasteiger partial charge < -0.3 is 10.6 Å². The summed E-state index contributed by atoms with van der Waals surface area (Å²) in [6.45, 7) is 7.09. The van der Waals surface area contributed by atoms with Gasteiger partial charge in [-0.2, -0.15) is 0 Å². The molecule has 0 aromatic heterocycles. The summed E-state index contributed by atoms with van der Waals surface area (Å²) >= 11 is 0. The standard InChI is InChI=1S/C17H26N2O/c1-4-12(2)16(18)17(20)19-11-7-10-15(19)14-9-6-5-8-13(14)3/h5-6,8-9,12,15-16H,4,7,10-11,18H2,1-3H3. The van der Waals surface area contributed by atoms with E-state index in [1.165, 1.54) is 11.1 Å². The first-order valence-electron chi connectivity index (χ1n) is 7.67. The van der Waals surface area contributed by atoms with E-state index in [4.69, 9.17) is 5.73 Å². The van der Waals surface area contributed by atoms with Crippen LogP contribution in [0.1, 0.15) is 50.3 Å². The highest BCUT2D eigenvalue weighted by Crippen LogP contribution is 2.34. The third kappa shape index (κ3) is 2.88. The van der Waals surface area contributed by atoms with Gasteiger partial charge in [-0.25, -0.2) is 0 Å². The number of hydrogen-bond donors (Lipinski definition) is 1. The van der Waals surface area contributed by atoms with E-state index in [9.17, 15) is 4.79 Å². The fourth-order valence-corrected chi connectivity index (χ4v) is 3.00. The van der Waals surface area contributed by atoms with Gasteiger partial charge in [0.15, 0.2) is 0 Å². The van der Waals surface area contributed by atoms with Crippen molar-refractivity contribution in [3.05, 3.63) is 35.4 Å². The van der Waals surface area contributed by atoms with Crippen molar-refractivity contribution >= 4 is 5.91 Å². The van der Waals surface area contributed by atoms with E-state index in [0.29, 0.717) is 0 Å². The van der Waals surface area contributed by atoms with E-state index in [0.717, 1.165) is 25.8 Å². The van der Waals surface area contributed by atoms with Crippen molar-refractivity contribution in [2.45, 2.75) is 52.1 Å². The predicted octanol–water partition coefficient (Wildman–Crippen LogP) is 3.03. The fraction of sp³-hybridized carbons (Fsp3) is 0.588. The lowest BCUT2D eigenvalue weighted by molar-refractivity contribution is -0.134. The molecule has 1 saturated heterocycles. The van der Waals surface area contributed by atoms with Crippen LogP contribution in [0.3, 0.4) is 0 Å². The first-order chi connectivity index (χ1) is 9.56. The Morgan fingerprint density at radius 2 is 2.15 bits per heavy atom. The number of nitrogens with zero attached hydrogens (tertiary/aromatic N) is 1. The molecule has 1 aliphatic heterocycles. The van der Waals surface area contributed by atoms with Crippen molar-refractivity contribution in [2.24, 2.45) is 11.7 Å². The molecule has 1 aliphatic rings. The molecule has 1 heterocycles. The average molecular weight is 274 g/mol. The summed E-state index contributed by atoms with van der Waals surface area (Å²) in [6.07, 6.45) is 3.05. The van der Waals surface area contributed by atoms with Crippen LogP contribution in [-0.2, 0) is 4.79 Å². The molecule has 1 aromatic carbocycles. The Hall–Kier alpha value is -1.35. The van der Waals surface area contributed by atoms with Gasteiger partial charge in [0, 0.05) is 6.54 Å². The Morgan fingerprint density at radius 3 is 2.80 bits per heavy atom. The molecule has 0 saturated carbocycles. The number of carbonyl (C=O) groups excluding carboxylic acids is 1. The van der Waals surface area contributed by atoms with Crippen molar-refractivity contribution in [1.82, 2.24) is 4.90 Å². The van der Waals surface area contributed by atoms with Crippen LogP contribution >= 0.6 is 0 Å². The maximum absolute atomic E-state index is 12.6. The molecule has 0 bridgehead atoms. The zero-order chi connectivity index (χ0) is 14.7. The molecule has 20 heavy (non-hydrogen) atoms. The molecular weight excluding hydrogens is 248 g/mol. The molecule has 2 N–H and O–H groups in total. The SMILES string of the molecule is CCC(C)C(N)C(=O)N1CCCC1c1ccccc1C. The van der Waals surface area contributed by atoms with Gasteiger partial charge in [-0.1, -0.05) is 44.5 Å². The third-order valence-corrected chi connectivity index (χ3v) is 4.63. The van der Waals surface area contributed by atoms with Crippen LogP contribution in [0.25, 0.3) is 0 Å². The zero-order valence-electron chi connectivity index (χ0n) is 12.8. The van der Waals surface area contributed by atoms with E-state index < -0.39 is 0 Å². The summed E-state index contributed by atoms with van der Waals surface area (Å²) < 4.78 is 0. The minimum atomic E-state index is -0.371. The first kappa shape index (κ1) is 15.0. The van der Waals surface area contributed by atoms with Gasteiger partial charge in [0.25, 0.3) is 0 Å². The van der Waals surface area contributed by atoms with Crippen LogP contribution in [0, 0.1) is 12.8 Å². The number of likely N-dealkylation sites (tertiary alicyclic amines) is 1. The molecule has 2 rings (SSSR count). The lowest BCUT2D eigenvalue weighted by Gasteiger charge is -2.30. The molecule has 3 nitrogen and oxygen atoms in total. The second-order valence-corrected chi connectivity index (χ2v) is 5.96. The van der Waals surface area contributed by atoms with Gasteiger partial charge in [0.1, 0.15) is 0 Å². The van der Waals surface area contributed by atoms with Crippen LogP contribution in [0.4, 0.5) is 0 Å². The number of hydrogen-bond acceptors (Lipinski definition) is 2. The summed E-state index contributed by atoms with van der Waals surface area (Å²) in [4.78, 5) is 14.6. The average Bonchev–Trinajstić information content (AvgIpc) is 2.94. The smallest absolute Gasteiger partial charge is 0.240 e. The van der Waals surface area contributed by atoms with Gasteiger partial charge in [-0.3, -0.25) is 4.79 Å². The van der Waals surface area contributed by atoms with Crippen LogP contribution in [-0.4, -0.2) is 23.4 Å². The summed E-state index contributed by atoms with van der Waals surface area (Å²) in [6, 6.07) is 8.19. The molecule has 110 valence electrons. The summed E-state index contributed by atoms with van der Waals surface area (Å²) in [5.41, 5.74) is 8.67. The minimum absolute atomic E-state index is 0.116. The number of aryl methyl sites for hydroxylation is 1. The van der Waals surface area contributed by atoms with Gasteiger partial charge in [-0.05, 0) is 36.8 Å². The fourth-order valence-electron chi connectivity index (χ4n) is 3.00. The highest BCUT2D eigenvalue weighted by Gasteiger charge is 2.34. The Bertz CT molecular complexity index is 472. The Kier molecular flexibility index (Phi) is 4.81. The minimum Gasteiger partial charge on any atom is -0.334 e. The Balaban J connectivity index is 2.19. The van der Waals surface area contributed by atoms with Crippen molar-refractivity contribution < 1.29 is 4.79 Å². The Morgan fingerprint density at radius 1 is 1.45 bits per heavy atom. The predicted molar refractivity (Wildman–Crippen MR) is 82.3 cm³/mol. The van der Waals surface area contributed by atoms with E-state index in [2.05, 4.69) is 39.0 Å². The number of nitrogens with two attached hydrogens (primary N) is 1. The lowest BCUT2D eigenvalue weighted by Crippen LogP contribution is -2.46. The zero-order valence-corrected chi connectivity index (χ0v) is 12.8. The molecule has 0 spiro atoms. The molecular formula is C17H26N2O. The van der Waals surface area contributed by atoms with Crippen LogP contribution in [0.5, 0.6) is 0 Å². The van der Waals surface area contributed by atoms with E-state index in [-0.39, 0.29) is 23.9 Å². The Labute approximate surface area is 122 Å². The van der Waals surface area contributed by atoms with Gasteiger partial charge in [-0.15, -0.1) is 0 Å². The summed E-state index contributed by atoms with van der Waals surface area (Å²) in [5.74, 6) is 0.353. The van der Waals surface area contributed by atoms with E-state index in [1.807, 2.05) is 11.0 Å². The third-order valence-electron chi connectivity index (χ3n) is 4.63. The molecule has 3 heteroatoms. The number of rotatable bonds is 4. The molecule has 1 fully saturated rings. The topological polar surface area (TPSA) is 46.3 Å². The molecule has 0 radical (unpaired) electrons. The summed E-state index contributed by atoms with van der Waals surface area (Å²) in [5, 5.41) is 0. The number of benzene rings is 1. The van der Waals surface area contributed by atoms with Crippen molar-refractivity contribution in [2.75, 3.05) is 6.54 Å².